The lowest BCUT2D eigenvalue weighted by Crippen LogP contribution is -1.87. The molecule has 1 aliphatic rings. The molecule has 0 spiro atoms. The summed E-state index contributed by atoms with van der Waals surface area (Å²) in [4.78, 5) is 0. The Kier molecular flexibility index (Phi) is 3.52. The second-order valence-corrected chi connectivity index (χ2v) is 6.07. The summed E-state index contributed by atoms with van der Waals surface area (Å²) in [5.74, 6) is -0.503. The van der Waals surface area contributed by atoms with Crippen LogP contribution in [0.3, 0.4) is 0 Å². The molecule has 0 fully saturated rings. The average molecular weight is 464 g/mol. The van der Waals surface area contributed by atoms with Crippen molar-refractivity contribution in [3.63, 3.8) is 0 Å². The minimum atomic E-state index is -0.126. The highest BCUT2D eigenvalue weighted by molar-refractivity contribution is 5.82. The van der Waals surface area contributed by atoms with Gasteiger partial charge in [0.2, 0.25) is 23.3 Å². The molecule has 22 heteroatoms. The molecular formula is C12N16O6. The molecular weight excluding hydrogens is 464 g/mol. The molecule has 0 unspecified atom stereocenters. The highest BCUT2D eigenvalue weighted by Crippen LogP contribution is 2.39. The molecule has 6 aromatic rings. The fourth-order valence-electron chi connectivity index (χ4n) is 2.78. The number of azo groups is 2. The predicted octanol–water partition coefficient (Wildman–Crippen LogP) is 1.80. The van der Waals surface area contributed by atoms with Crippen LogP contribution in [-0.2, 0) is 0 Å². The Morgan fingerprint density at radius 3 is 0.706 bits per heavy atom. The van der Waals surface area contributed by atoms with Crippen LogP contribution in [-0.4, -0.2) is 61.9 Å². The Bertz CT molecular complexity index is 1450. The molecule has 0 N–H and O–H groups in total. The van der Waals surface area contributed by atoms with Crippen LogP contribution in [0.5, 0.6) is 0 Å². The third-order valence-electron chi connectivity index (χ3n) is 4.24. The van der Waals surface area contributed by atoms with Gasteiger partial charge in [0.15, 0.2) is 45.6 Å². The van der Waals surface area contributed by atoms with E-state index in [0.717, 1.165) is 0 Å². The summed E-state index contributed by atoms with van der Waals surface area (Å²) in [5, 5.41) is 60.8. The SMILES string of the molecule is N1=Nc2nonc2-c2nonc2-c2nonc2N=Nc2nonc2-c2nonc2-c2nonc21. The minimum Gasteiger partial charge on any atom is -0.243 e. The van der Waals surface area contributed by atoms with Gasteiger partial charge in [-0.15, -0.1) is 20.5 Å². The van der Waals surface area contributed by atoms with Crippen molar-refractivity contribution < 1.29 is 27.8 Å². The normalized spacial score (nSPS) is 12.5. The molecule has 164 valence electrons. The van der Waals surface area contributed by atoms with E-state index in [2.05, 4.69) is 82.3 Å². The topological polar surface area (TPSA) is 283 Å². The number of hydrogen-bond donors (Lipinski definition) is 0. The van der Waals surface area contributed by atoms with E-state index in [-0.39, 0.29) is 68.8 Å². The molecule has 6 aromatic heterocycles. The molecule has 7 heterocycles. The van der Waals surface area contributed by atoms with E-state index in [0.29, 0.717) is 0 Å². The highest BCUT2D eigenvalue weighted by atomic mass is 16.6. The van der Waals surface area contributed by atoms with Gasteiger partial charge in [-0.2, -0.15) is 0 Å². The average Bonchev–Trinajstić information content (AvgIpc) is 3.68. The molecule has 1 aliphatic heterocycles. The van der Waals surface area contributed by atoms with Gasteiger partial charge >= 0.3 is 0 Å². The van der Waals surface area contributed by atoms with Gasteiger partial charge in [-0.1, -0.05) is 0 Å². The Morgan fingerprint density at radius 2 is 0.441 bits per heavy atom. The number of nitrogens with zero attached hydrogens (tertiary/aromatic N) is 16. The molecule has 0 saturated heterocycles. The molecule has 34 heavy (non-hydrogen) atoms. The zero-order chi connectivity index (χ0) is 22.5. The third-order valence-corrected chi connectivity index (χ3v) is 4.24. The summed E-state index contributed by atoms with van der Waals surface area (Å²) >= 11 is 0. The fourth-order valence-corrected chi connectivity index (χ4v) is 2.78. The first-order valence-electron chi connectivity index (χ1n) is 8.67. The van der Waals surface area contributed by atoms with Crippen molar-refractivity contribution in [3.8, 4) is 45.6 Å². The Morgan fingerprint density at radius 1 is 0.235 bits per heavy atom. The largest absolute Gasteiger partial charge is 0.247 e. The number of aromatic nitrogens is 12. The zero-order valence-electron chi connectivity index (χ0n) is 15.6. The smallest absolute Gasteiger partial charge is 0.243 e. The molecule has 0 atom stereocenters. The fraction of sp³-hybridized carbons (Fsp3) is 0. The van der Waals surface area contributed by atoms with E-state index in [1.165, 1.54) is 0 Å². The first-order chi connectivity index (χ1) is 16.9. The lowest BCUT2D eigenvalue weighted by Gasteiger charge is -1.94. The summed E-state index contributed by atoms with van der Waals surface area (Å²) in [6.45, 7) is 0. The molecule has 0 aromatic carbocycles. The van der Waals surface area contributed by atoms with Gasteiger partial charge in [0, 0.05) is 0 Å². The van der Waals surface area contributed by atoms with E-state index in [1.807, 2.05) is 0 Å². The van der Waals surface area contributed by atoms with E-state index in [4.69, 9.17) is 27.8 Å². The lowest BCUT2D eigenvalue weighted by atomic mass is 10.2. The second-order valence-electron chi connectivity index (χ2n) is 6.07. The zero-order valence-corrected chi connectivity index (χ0v) is 15.6. The van der Waals surface area contributed by atoms with Crippen LogP contribution in [0.15, 0.2) is 48.2 Å². The van der Waals surface area contributed by atoms with E-state index < -0.39 is 0 Å². The Balaban J connectivity index is 1.49. The first-order valence-corrected chi connectivity index (χ1v) is 8.67. The van der Waals surface area contributed by atoms with Crippen molar-refractivity contribution >= 4 is 23.3 Å². The summed E-state index contributed by atoms with van der Waals surface area (Å²) < 4.78 is 28.7. The third kappa shape index (κ3) is 2.55. The van der Waals surface area contributed by atoms with Crippen LogP contribution in [0.4, 0.5) is 23.3 Å². The van der Waals surface area contributed by atoms with Crippen molar-refractivity contribution in [1.29, 1.82) is 0 Å². The van der Waals surface area contributed by atoms with Gasteiger partial charge in [-0.05, 0) is 61.9 Å². The minimum absolute atomic E-state index is 0.0113. The van der Waals surface area contributed by atoms with Crippen LogP contribution in [0.25, 0.3) is 45.6 Å². The maximum Gasteiger partial charge on any atom is 0.247 e. The van der Waals surface area contributed by atoms with E-state index in [9.17, 15) is 0 Å². The maximum absolute atomic E-state index is 4.82. The number of rotatable bonds is 0. The lowest BCUT2D eigenvalue weighted by molar-refractivity contribution is 0.302. The van der Waals surface area contributed by atoms with Crippen LogP contribution in [0.1, 0.15) is 0 Å². The summed E-state index contributed by atoms with van der Waals surface area (Å²) in [6, 6.07) is 0. The van der Waals surface area contributed by atoms with Crippen LogP contribution in [0, 0.1) is 0 Å². The highest BCUT2D eigenvalue weighted by Gasteiger charge is 2.30. The van der Waals surface area contributed by atoms with Crippen LogP contribution in [0.2, 0.25) is 0 Å². The van der Waals surface area contributed by atoms with Gasteiger partial charge in [0.1, 0.15) is 0 Å². The van der Waals surface area contributed by atoms with Gasteiger partial charge in [-0.25, -0.2) is 27.8 Å². The van der Waals surface area contributed by atoms with E-state index in [1.54, 1.807) is 0 Å². The molecule has 0 radical (unpaired) electrons. The van der Waals surface area contributed by atoms with Crippen molar-refractivity contribution in [2.75, 3.05) is 0 Å². The Hall–Kier alpha value is -5.96. The molecule has 0 amide bonds. The standard InChI is InChI=1S/C12N16O6/c13-9-5(21-31-25-9)1-2(18-29-17-1)6-10(26-32-22-6)14-16-12-8(24-34-28-12)4-3(19-30-20-4)7-11(15-13)27-33-23-7. The molecule has 7 rings (SSSR count). The second kappa shape index (κ2) is 6.77. The molecule has 22 nitrogen and oxygen atoms in total. The maximum atomic E-state index is 4.82. The Labute approximate surface area is 179 Å². The van der Waals surface area contributed by atoms with Crippen molar-refractivity contribution in [2.24, 2.45) is 20.5 Å². The molecule has 0 saturated carbocycles. The van der Waals surface area contributed by atoms with Crippen LogP contribution >= 0.6 is 0 Å². The van der Waals surface area contributed by atoms with E-state index >= 15 is 0 Å². The molecule has 0 aliphatic carbocycles. The first kappa shape index (κ1) is 17.7. The van der Waals surface area contributed by atoms with Crippen molar-refractivity contribution in [3.05, 3.63) is 0 Å². The summed E-state index contributed by atoms with van der Waals surface area (Å²) in [7, 11) is 0. The van der Waals surface area contributed by atoms with Gasteiger partial charge < -0.3 is 0 Å². The van der Waals surface area contributed by atoms with Crippen LogP contribution < -0.4 is 0 Å². The van der Waals surface area contributed by atoms with Gasteiger partial charge in [-0.3, -0.25) is 0 Å². The predicted molar refractivity (Wildman–Crippen MR) is 90.1 cm³/mol. The van der Waals surface area contributed by atoms with Gasteiger partial charge in [0.25, 0.3) is 0 Å². The summed E-state index contributed by atoms with van der Waals surface area (Å²) in [5.41, 5.74) is 0.00923. The number of fused-ring (bicyclic) bond motifs is 10. The summed E-state index contributed by atoms with van der Waals surface area (Å²) in [6.07, 6.45) is 0. The van der Waals surface area contributed by atoms with Crippen molar-refractivity contribution in [1.82, 2.24) is 61.9 Å². The van der Waals surface area contributed by atoms with Gasteiger partial charge in [0.05, 0.1) is 0 Å². The quantitative estimate of drug-likeness (QED) is 0.309. The number of hydrogen-bond acceptors (Lipinski definition) is 22. The van der Waals surface area contributed by atoms with Crippen molar-refractivity contribution in [2.45, 2.75) is 0 Å². The molecule has 0 bridgehead atoms. The monoisotopic (exact) mass is 464 g/mol.